The number of hydrogen-bond donors (Lipinski definition) is 0. The molecule has 0 saturated heterocycles. The Kier molecular flexibility index (Phi) is 6.66. The molecule has 0 radical (unpaired) electrons. The minimum atomic E-state index is -0.121. The van der Waals surface area contributed by atoms with Crippen molar-refractivity contribution >= 4 is 5.91 Å². The molecule has 0 N–H and O–H groups in total. The van der Waals surface area contributed by atoms with Crippen molar-refractivity contribution in [3.05, 3.63) is 53.6 Å². The topological polar surface area (TPSA) is 82.4 Å². The molecule has 0 saturated carbocycles. The number of ether oxygens (including phenoxy) is 2. The minimum absolute atomic E-state index is 0.0147. The van der Waals surface area contributed by atoms with Gasteiger partial charge in [-0.2, -0.15) is 4.80 Å². The maximum atomic E-state index is 12.6. The average Bonchev–Trinajstić information content (AvgIpc) is 3.22. The zero-order valence-corrected chi connectivity index (χ0v) is 18.0. The molecule has 3 aromatic rings. The van der Waals surface area contributed by atoms with Crippen molar-refractivity contribution in [2.24, 2.45) is 0 Å². The van der Waals surface area contributed by atoms with Gasteiger partial charge in [-0.25, -0.2) is 0 Å². The molecule has 0 unspecified atom stereocenters. The van der Waals surface area contributed by atoms with Gasteiger partial charge in [0.1, 0.15) is 6.54 Å². The lowest BCUT2D eigenvalue weighted by Crippen LogP contribution is -2.30. The molecule has 1 amide bonds. The fraction of sp³-hybridized carbons (Fsp3) is 0.364. The van der Waals surface area contributed by atoms with Gasteiger partial charge in [-0.15, -0.1) is 10.2 Å². The summed E-state index contributed by atoms with van der Waals surface area (Å²) in [6.07, 6.45) is 0. The van der Waals surface area contributed by atoms with E-state index in [-0.39, 0.29) is 12.5 Å². The SMILES string of the molecule is COc1ccc(CN(C)C(=O)Cn2nnc(-c3ccc(C(C)C)cc3)n2)cc1OC. The summed E-state index contributed by atoms with van der Waals surface area (Å²) in [5, 5.41) is 12.4. The predicted molar refractivity (Wildman–Crippen MR) is 113 cm³/mol. The Morgan fingerprint density at radius 1 is 1.07 bits per heavy atom. The molecular weight excluding hydrogens is 382 g/mol. The van der Waals surface area contributed by atoms with Crippen molar-refractivity contribution in [2.75, 3.05) is 21.3 Å². The summed E-state index contributed by atoms with van der Waals surface area (Å²) in [6, 6.07) is 13.6. The maximum Gasteiger partial charge on any atom is 0.246 e. The zero-order valence-electron chi connectivity index (χ0n) is 18.0. The number of carbonyl (C=O) groups excluding carboxylic acids is 1. The first-order valence-corrected chi connectivity index (χ1v) is 9.74. The first-order chi connectivity index (χ1) is 14.4. The number of hydrogen-bond acceptors (Lipinski definition) is 6. The smallest absolute Gasteiger partial charge is 0.246 e. The van der Waals surface area contributed by atoms with E-state index in [0.717, 1.165) is 11.1 Å². The molecule has 158 valence electrons. The van der Waals surface area contributed by atoms with Crippen molar-refractivity contribution in [3.63, 3.8) is 0 Å². The van der Waals surface area contributed by atoms with E-state index >= 15 is 0 Å². The highest BCUT2D eigenvalue weighted by Crippen LogP contribution is 2.28. The van der Waals surface area contributed by atoms with Crippen molar-refractivity contribution in [3.8, 4) is 22.9 Å². The summed E-state index contributed by atoms with van der Waals surface area (Å²) >= 11 is 0. The molecule has 2 aromatic carbocycles. The monoisotopic (exact) mass is 409 g/mol. The molecule has 0 atom stereocenters. The fourth-order valence-corrected chi connectivity index (χ4v) is 3.03. The van der Waals surface area contributed by atoms with Gasteiger partial charge in [0.25, 0.3) is 0 Å². The standard InChI is InChI=1S/C22H27N5O3/c1-15(2)17-7-9-18(10-8-17)22-23-25-27(24-22)14-21(28)26(3)13-16-6-11-19(29-4)20(12-16)30-5/h6-12,15H,13-14H2,1-5H3. The van der Waals surface area contributed by atoms with Crippen LogP contribution in [0.3, 0.4) is 0 Å². The van der Waals surface area contributed by atoms with Crippen LogP contribution >= 0.6 is 0 Å². The number of likely N-dealkylation sites (N-methyl/N-ethyl adjacent to an activating group) is 1. The third kappa shape index (κ3) is 4.94. The van der Waals surface area contributed by atoms with E-state index in [2.05, 4.69) is 41.4 Å². The third-order valence-corrected chi connectivity index (χ3v) is 4.86. The molecule has 8 nitrogen and oxygen atoms in total. The van der Waals surface area contributed by atoms with Crippen LogP contribution in [-0.4, -0.2) is 52.3 Å². The first-order valence-electron chi connectivity index (χ1n) is 9.74. The van der Waals surface area contributed by atoms with Gasteiger partial charge in [-0.05, 0) is 34.4 Å². The van der Waals surface area contributed by atoms with Crippen molar-refractivity contribution in [1.82, 2.24) is 25.1 Å². The summed E-state index contributed by atoms with van der Waals surface area (Å²) in [6.45, 7) is 4.74. The van der Waals surface area contributed by atoms with Gasteiger partial charge >= 0.3 is 0 Å². The van der Waals surface area contributed by atoms with Gasteiger partial charge in [0.05, 0.1) is 14.2 Å². The van der Waals surface area contributed by atoms with Gasteiger partial charge in [0.2, 0.25) is 11.7 Å². The number of carbonyl (C=O) groups is 1. The number of nitrogens with zero attached hydrogens (tertiary/aromatic N) is 5. The van der Waals surface area contributed by atoms with Gasteiger partial charge in [-0.1, -0.05) is 44.2 Å². The van der Waals surface area contributed by atoms with Crippen LogP contribution in [0, 0.1) is 0 Å². The fourth-order valence-electron chi connectivity index (χ4n) is 3.03. The van der Waals surface area contributed by atoms with E-state index in [1.54, 1.807) is 26.2 Å². The van der Waals surface area contributed by atoms with E-state index in [9.17, 15) is 4.79 Å². The van der Waals surface area contributed by atoms with Crippen LogP contribution in [0.4, 0.5) is 0 Å². The van der Waals surface area contributed by atoms with Crippen LogP contribution in [0.15, 0.2) is 42.5 Å². The lowest BCUT2D eigenvalue weighted by Gasteiger charge is -2.18. The van der Waals surface area contributed by atoms with Crippen molar-refractivity contribution in [2.45, 2.75) is 32.9 Å². The van der Waals surface area contributed by atoms with Crippen molar-refractivity contribution in [1.29, 1.82) is 0 Å². The zero-order chi connectivity index (χ0) is 21.7. The van der Waals surface area contributed by atoms with Crippen LogP contribution in [0.25, 0.3) is 11.4 Å². The highest BCUT2D eigenvalue weighted by molar-refractivity contribution is 5.75. The maximum absolute atomic E-state index is 12.6. The molecule has 0 fully saturated rings. The van der Waals surface area contributed by atoms with Gasteiger partial charge in [0, 0.05) is 19.2 Å². The highest BCUT2D eigenvalue weighted by atomic mass is 16.5. The van der Waals surface area contributed by atoms with Gasteiger partial charge in [-0.3, -0.25) is 4.79 Å². The highest BCUT2D eigenvalue weighted by Gasteiger charge is 2.15. The minimum Gasteiger partial charge on any atom is -0.493 e. The van der Waals surface area contributed by atoms with E-state index in [1.807, 2.05) is 30.3 Å². The Hall–Kier alpha value is -3.42. The Balaban J connectivity index is 1.63. The van der Waals surface area contributed by atoms with Crippen LogP contribution < -0.4 is 9.47 Å². The molecule has 0 aliphatic rings. The molecule has 1 heterocycles. The Labute approximate surface area is 176 Å². The Bertz CT molecular complexity index is 998. The van der Waals surface area contributed by atoms with Crippen LogP contribution in [-0.2, 0) is 17.9 Å². The number of benzene rings is 2. The molecule has 0 aliphatic carbocycles. The summed E-state index contributed by atoms with van der Waals surface area (Å²) in [7, 11) is 4.91. The van der Waals surface area contributed by atoms with Crippen LogP contribution in [0.5, 0.6) is 11.5 Å². The lowest BCUT2D eigenvalue weighted by atomic mass is 10.0. The van der Waals surface area contributed by atoms with E-state index in [4.69, 9.17) is 9.47 Å². The largest absolute Gasteiger partial charge is 0.493 e. The number of aromatic nitrogens is 4. The molecular formula is C22H27N5O3. The number of amides is 1. The number of methoxy groups -OCH3 is 2. The average molecular weight is 409 g/mol. The van der Waals surface area contributed by atoms with E-state index in [1.165, 1.54) is 10.4 Å². The van der Waals surface area contributed by atoms with Gasteiger partial charge in [0.15, 0.2) is 11.5 Å². The second-order valence-corrected chi connectivity index (χ2v) is 7.36. The molecule has 3 rings (SSSR count). The van der Waals surface area contributed by atoms with Gasteiger partial charge < -0.3 is 14.4 Å². The Morgan fingerprint density at radius 2 is 1.77 bits per heavy atom. The van der Waals surface area contributed by atoms with Crippen LogP contribution in [0.2, 0.25) is 0 Å². The first kappa shape index (κ1) is 21.3. The second kappa shape index (κ2) is 9.39. The summed E-state index contributed by atoms with van der Waals surface area (Å²) in [4.78, 5) is 15.5. The lowest BCUT2D eigenvalue weighted by molar-refractivity contribution is -0.131. The number of rotatable bonds is 8. The molecule has 1 aromatic heterocycles. The molecule has 30 heavy (non-hydrogen) atoms. The molecule has 0 aliphatic heterocycles. The van der Waals surface area contributed by atoms with Crippen LogP contribution in [0.1, 0.15) is 30.9 Å². The predicted octanol–water partition coefficient (Wildman–Crippen LogP) is 3.14. The Morgan fingerprint density at radius 3 is 2.40 bits per heavy atom. The van der Waals surface area contributed by atoms with E-state index in [0.29, 0.717) is 29.8 Å². The molecule has 0 bridgehead atoms. The third-order valence-electron chi connectivity index (χ3n) is 4.86. The quantitative estimate of drug-likeness (QED) is 0.568. The summed E-state index contributed by atoms with van der Waals surface area (Å²) in [5.41, 5.74) is 3.05. The summed E-state index contributed by atoms with van der Waals surface area (Å²) < 4.78 is 10.6. The van der Waals surface area contributed by atoms with Crippen molar-refractivity contribution < 1.29 is 14.3 Å². The summed E-state index contributed by atoms with van der Waals surface area (Å²) in [5.74, 6) is 2.11. The molecule has 0 spiro atoms. The number of tetrazole rings is 1. The normalized spacial score (nSPS) is 10.9. The van der Waals surface area contributed by atoms with E-state index < -0.39 is 0 Å². The molecule has 8 heteroatoms. The second-order valence-electron chi connectivity index (χ2n) is 7.36.